The molecule has 1 heterocycles. The molecule has 1 aromatic heterocycles. The first-order chi connectivity index (χ1) is 10.3. The number of rotatable bonds is 2. The van der Waals surface area contributed by atoms with Crippen LogP contribution in [-0.2, 0) is 4.74 Å². The van der Waals surface area contributed by atoms with Gasteiger partial charge >= 0.3 is 5.97 Å². The number of esters is 1. The summed E-state index contributed by atoms with van der Waals surface area (Å²) in [5.41, 5.74) is 2.84. The van der Waals surface area contributed by atoms with Crippen molar-refractivity contribution in [1.29, 1.82) is 0 Å². The Morgan fingerprint density at radius 2 is 1.50 bits per heavy atom. The molecule has 0 aliphatic rings. The molecule has 2 N–H and O–H groups in total. The van der Waals surface area contributed by atoms with Gasteiger partial charge in [-0.15, -0.1) is 0 Å². The Morgan fingerprint density at radius 1 is 1.00 bits per heavy atom. The fraction of sp³-hybridized carbons (Fsp3) is 0.0769. The van der Waals surface area contributed by atoms with Gasteiger partial charge in [0.25, 0.3) is 0 Å². The molecule has 116 valence electrons. The summed E-state index contributed by atoms with van der Waals surface area (Å²) in [5, 5.41) is 0. The summed E-state index contributed by atoms with van der Waals surface area (Å²) in [6, 6.07) is 1.95. The van der Waals surface area contributed by atoms with Crippen LogP contribution < -0.4 is 5.73 Å². The smallest absolute Gasteiger partial charge is 0.358 e. The van der Waals surface area contributed by atoms with E-state index in [1.807, 2.05) is 0 Å². The van der Waals surface area contributed by atoms with E-state index in [4.69, 9.17) is 5.73 Å². The molecule has 0 fully saturated rings. The number of benzene rings is 1. The topological polar surface area (TPSA) is 65.2 Å². The monoisotopic (exact) mass is 318 g/mol. The molecule has 0 bridgehead atoms. The molecule has 2 rings (SSSR count). The molecule has 0 spiro atoms. The lowest BCUT2D eigenvalue weighted by atomic mass is 10.1. The Balaban J connectivity index is 2.76. The molecule has 2 aromatic rings. The second-order valence-electron chi connectivity index (χ2n) is 4.07. The Bertz CT molecular complexity index is 751. The first-order valence-corrected chi connectivity index (χ1v) is 5.66. The lowest BCUT2D eigenvalue weighted by Gasteiger charge is -2.10. The Kier molecular flexibility index (Phi) is 3.98. The largest absolute Gasteiger partial charge is 0.464 e. The number of methoxy groups -OCH3 is 1. The fourth-order valence-corrected chi connectivity index (χ4v) is 1.70. The maximum Gasteiger partial charge on any atom is 0.358 e. The van der Waals surface area contributed by atoms with Gasteiger partial charge in [-0.3, -0.25) is 0 Å². The van der Waals surface area contributed by atoms with Crippen LogP contribution in [0.2, 0.25) is 0 Å². The predicted octanol–water partition coefficient (Wildman–Crippen LogP) is 2.81. The first-order valence-electron chi connectivity index (χ1n) is 5.66. The van der Waals surface area contributed by atoms with Crippen molar-refractivity contribution in [3.63, 3.8) is 0 Å². The van der Waals surface area contributed by atoms with Gasteiger partial charge in [0.2, 0.25) is 5.82 Å². The minimum atomic E-state index is -2.29. The Labute approximate surface area is 120 Å². The zero-order valence-corrected chi connectivity index (χ0v) is 10.9. The maximum absolute atomic E-state index is 13.7. The van der Waals surface area contributed by atoms with Crippen molar-refractivity contribution in [3.8, 4) is 11.3 Å². The molecular weight excluding hydrogens is 311 g/mol. The van der Waals surface area contributed by atoms with Gasteiger partial charge in [-0.2, -0.15) is 0 Å². The molecule has 1 aromatic carbocycles. The summed E-state index contributed by atoms with van der Waals surface area (Å²) in [4.78, 5) is 14.9. The van der Waals surface area contributed by atoms with Gasteiger partial charge in [0.15, 0.2) is 29.0 Å². The number of nitrogens with zero attached hydrogens (tertiary/aromatic N) is 1. The minimum absolute atomic E-state index is 0.181. The maximum atomic E-state index is 13.7. The number of hydrogen-bond acceptors (Lipinski definition) is 4. The van der Waals surface area contributed by atoms with Crippen molar-refractivity contribution in [1.82, 2.24) is 4.98 Å². The van der Waals surface area contributed by atoms with Gasteiger partial charge in [0.1, 0.15) is 0 Å². The quantitative estimate of drug-likeness (QED) is 0.400. The van der Waals surface area contributed by atoms with E-state index < -0.39 is 52.0 Å². The molecule has 4 nitrogen and oxygen atoms in total. The molecule has 0 aliphatic heterocycles. The summed E-state index contributed by atoms with van der Waals surface area (Å²) >= 11 is 0. The summed E-state index contributed by atoms with van der Waals surface area (Å²) in [7, 11) is 1.01. The van der Waals surface area contributed by atoms with E-state index in [1.54, 1.807) is 0 Å². The normalized spacial score (nSPS) is 10.6. The predicted molar refractivity (Wildman–Crippen MR) is 65.2 cm³/mol. The molecule has 0 aliphatic carbocycles. The van der Waals surface area contributed by atoms with Crippen LogP contribution in [0.15, 0.2) is 12.1 Å². The van der Waals surface area contributed by atoms with E-state index in [-0.39, 0.29) is 5.69 Å². The third kappa shape index (κ3) is 2.34. The number of nitrogen functional groups attached to an aromatic ring is 1. The van der Waals surface area contributed by atoms with Crippen molar-refractivity contribution in [2.24, 2.45) is 0 Å². The van der Waals surface area contributed by atoms with Crippen LogP contribution in [0.3, 0.4) is 0 Å². The first kappa shape index (κ1) is 15.7. The van der Waals surface area contributed by atoms with Crippen LogP contribution in [0.4, 0.5) is 27.6 Å². The number of hydrogen-bond donors (Lipinski definition) is 1. The SMILES string of the molecule is COC(=O)c1nc(-c2c(F)c(F)c(F)c(F)c2F)ccc1N. The van der Waals surface area contributed by atoms with Crippen molar-refractivity contribution < 1.29 is 31.5 Å². The van der Waals surface area contributed by atoms with E-state index in [2.05, 4.69) is 9.72 Å². The van der Waals surface area contributed by atoms with Crippen LogP contribution in [-0.4, -0.2) is 18.1 Å². The van der Waals surface area contributed by atoms with Gasteiger partial charge < -0.3 is 10.5 Å². The Morgan fingerprint density at radius 3 is 2.00 bits per heavy atom. The average Bonchev–Trinajstić information content (AvgIpc) is 2.52. The average molecular weight is 318 g/mol. The number of halogens is 5. The highest BCUT2D eigenvalue weighted by atomic mass is 19.2. The lowest BCUT2D eigenvalue weighted by Crippen LogP contribution is -2.10. The Hall–Kier alpha value is -2.71. The van der Waals surface area contributed by atoms with E-state index >= 15 is 0 Å². The van der Waals surface area contributed by atoms with Gasteiger partial charge in [0.05, 0.1) is 24.1 Å². The second kappa shape index (κ2) is 5.58. The molecule has 0 saturated carbocycles. The highest BCUT2D eigenvalue weighted by Crippen LogP contribution is 2.31. The number of ether oxygens (including phenoxy) is 1. The number of nitrogens with two attached hydrogens (primary N) is 1. The summed E-state index contributed by atoms with van der Waals surface area (Å²) in [6.45, 7) is 0. The molecule has 0 unspecified atom stereocenters. The van der Waals surface area contributed by atoms with Crippen molar-refractivity contribution in [3.05, 3.63) is 46.9 Å². The lowest BCUT2D eigenvalue weighted by molar-refractivity contribution is 0.0595. The fourth-order valence-electron chi connectivity index (χ4n) is 1.70. The molecule has 0 amide bonds. The van der Waals surface area contributed by atoms with Crippen LogP contribution in [0.1, 0.15) is 10.5 Å². The zero-order valence-electron chi connectivity index (χ0n) is 10.9. The van der Waals surface area contributed by atoms with E-state index in [0.717, 1.165) is 19.2 Å². The van der Waals surface area contributed by atoms with E-state index in [1.165, 1.54) is 0 Å². The highest BCUT2D eigenvalue weighted by Gasteiger charge is 2.28. The molecule has 0 radical (unpaired) electrons. The number of carbonyl (C=O) groups excluding carboxylic acids is 1. The third-order valence-electron chi connectivity index (χ3n) is 2.77. The van der Waals surface area contributed by atoms with Crippen molar-refractivity contribution in [2.45, 2.75) is 0 Å². The number of pyridine rings is 1. The van der Waals surface area contributed by atoms with Crippen LogP contribution in [0.25, 0.3) is 11.3 Å². The molecule has 9 heteroatoms. The van der Waals surface area contributed by atoms with Crippen molar-refractivity contribution in [2.75, 3.05) is 12.8 Å². The molecular formula is C13H7F5N2O2. The van der Waals surface area contributed by atoms with E-state index in [9.17, 15) is 26.7 Å². The van der Waals surface area contributed by atoms with Gasteiger partial charge in [-0.1, -0.05) is 0 Å². The minimum Gasteiger partial charge on any atom is -0.464 e. The van der Waals surface area contributed by atoms with Crippen LogP contribution >= 0.6 is 0 Å². The van der Waals surface area contributed by atoms with Crippen molar-refractivity contribution >= 4 is 11.7 Å². The third-order valence-corrected chi connectivity index (χ3v) is 2.77. The molecule has 0 saturated heterocycles. The molecule has 22 heavy (non-hydrogen) atoms. The molecule has 0 atom stereocenters. The summed E-state index contributed by atoms with van der Waals surface area (Å²) in [6.07, 6.45) is 0. The van der Waals surface area contributed by atoms with Gasteiger partial charge in [0, 0.05) is 0 Å². The summed E-state index contributed by atoms with van der Waals surface area (Å²) < 4.78 is 71.1. The second-order valence-corrected chi connectivity index (χ2v) is 4.07. The van der Waals surface area contributed by atoms with Crippen LogP contribution in [0, 0.1) is 29.1 Å². The highest BCUT2D eigenvalue weighted by molar-refractivity contribution is 5.93. The van der Waals surface area contributed by atoms with Gasteiger partial charge in [-0.25, -0.2) is 31.7 Å². The van der Waals surface area contributed by atoms with E-state index in [0.29, 0.717) is 0 Å². The van der Waals surface area contributed by atoms with Crippen LogP contribution in [0.5, 0.6) is 0 Å². The summed E-state index contributed by atoms with van der Waals surface area (Å²) in [5.74, 6) is -11.7. The number of anilines is 1. The zero-order chi connectivity index (χ0) is 16.6. The standard InChI is InChI=1S/C13H7F5N2O2/c1-22-13(21)12-4(19)2-3-5(20-12)6-7(14)9(16)11(18)10(17)8(6)15/h2-3H,19H2,1H3. The number of aromatic nitrogens is 1. The number of carbonyl (C=O) groups is 1. The van der Waals surface area contributed by atoms with Gasteiger partial charge in [-0.05, 0) is 12.1 Å².